The summed E-state index contributed by atoms with van der Waals surface area (Å²) in [6.07, 6.45) is 4.56. The van der Waals surface area contributed by atoms with Crippen molar-refractivity contribution in [1.29, 1.82) is 5.26 Å². The van der Waals surface area contributed by atoms with E-state index in [-0.39, 0.29) is 17.1 Å². The number of hydrogen-bond donors (Lipinski definition) is 2. The third-order valence-corrected chi connectivity index (χ3v) is 3.14. The third kappa shape index (κ3) is 3.39. The molecule has 1 aromatic rings. The lowest BCUT2D eigenvalue weighted by Crippen LogP contribution is -2.24. The van der Waals surface area contributed by atoms with Crippen molar-refractivity contribution >= 4 is 11.5 Å². The van der Waals surface area contributed by atoms with Gasteiger partial charge in [-0.25, -0.2) is 4.98 Å². The van der Waals surface area contributed by atoms with Gasteiger partial charge in [-0.1, -0.05) is 0 Å². The normalized spacial score (nSPS) is 17.9. The summed E-state index contributed by atoms with van der Waals surface area (Å²) in [6.45, 7) is 1.66. The molecule has 0 aliphatic carbocycles. The van der Waals surface area contributed by atoms with Crippen LogP contribution in [0.1, 0.15) is 24.8 Å². The Hall–Kier alpha value is -2.20. The molecule has 0 aromatic carbocycles. The summed E-state index contributed by atoms with van der Waals surface area (Å²) in [6, 6.07) is 3.56. The molecule has 1 fully saturated rings. The number of hydrogen-bond acceptors (Lipinski definition) is 6. The molecule has 19 heavy (non-hydrogen) atoms. The van der Waals surface area contributed by atoms with Crippen LogP contribution < -0.4 is 10.6 Å². The van der Waals surface area contributed by atoms with Crippen LogP contribution in [0, 0.1) is 21.4 Å². The van der Waals surface area contributed by atoms with Crippen LogP contribution in [-0.2, 0) is 0 Å². The lowest BCUT2D eigenvalue weighted by atomic mass is 10.1. The first kappa shape index (κ1) is 13.2. The number of pyridine rings is 1. The van der Waals surface area contributed by atoms with Gasteiger partial charge in [-0.3, -0.25) is 10.1 Å². The van der Waals surface area contributed by atoms with E-state index < -0.39 is 4.92 Å². The minimum atomic E-state index is -0.524. The Balaban J connectivity index is 1.98. The zero-order valence-corrected chi connectivity index (χ0v) is 10.4. The van der Waals surface area contributed by atoms with E-state index in [1.54, 1.807) is 0 Å². The van der Waals surface area contributed by atoms with E-state index >= 15 is 0 Å². The van der Waals surface area contributed by atoms with Crippen LogP contribution in [0.4, 0.5) is 11.5 Å². The van der Waals surface area contributed by atoms with Crippen molar-refractivity contribution in [1.82, 2.24) is 10.3 Å². The van der Waals surface area contributed by atoms with Crippen LogP contribution >= 0.6 is 0 Å². The predicted octanol–water partition coefficient (Wildman–Crippen LogP) is 1.42. The monoisotopic (exact) mass is 261 g/mol. The van der Waals surface area contributed by atoms with Gasteiger partial charge in [-0.15, -0.1) is 0 Å². The van der Waals surface area contributed by atoms with Gasteiger partial charge < -0.3 is 10.6 Å². The van der Waals surface area contributed by atoms with E-state index in [4.69, 9.17) is 5.26 Å². The van der Waals surface area contributed by atoms with E-state index in [9.17, 15) is 10.1 Å². The van der Waals surface area contributed by atoms with Gasteiger partial charge in [0, 0.05) is 24.8 Å². The van der Waals surface area contributed by atoms with Crippen molar-refractivity contribution in [3.05, 3.63) is 27.9 Å². The summed E-state index contributed by atoms with van der Waals surface area (Å²) in [5, 5.41) is 26.0. The Morgan fingerprint density at radius 3 is 3.16 bits per heavy atom. The number of nitro groups is 1. The summed E-state index contributed by atoms with van der Waals surface area (Å²) in [5.41, 5.74) is 0.0353. The SMILES string of the molecule is N#Cc1cnc(NCC[C@H]2CCCN2)c([N+](=O)[O-])c1. The van der Waals surface area contributed by atoms with E-state index in [1.165, 1.54) is 18.7 Å². The molecule has 1 atom stereocenters. The zero-order chi connectivity index (χ0) is 13.7. The fourth-order valence-corrected chi connectivity index (χ4v) is 2.16. The molecular weight excluding hydrogens is 246 g/mol. The zero-order valence-electron chi connectivity index (χ0n) is 10.4. The molecule has 7 nitrogen and oxygen atoms in total. The average Bonchev–Trinajstić information content (AvgIpc) is 2.92. The minimum Gasteiger partial charge on any atom is -0.364 e. The van der Waals surface area contributed by atoms with Gasteiger partial charge in [0.1, 0.15) is 6.07 Å². The molecule has 1 aromatic heterocycles. The van der Waals surface area contributed by atoms with Crippen LogP contribution in [0.3, 0.4) is 0 Å². The molecule has 2 rings (SSSR count). The number of aromatic nitrogens is 1. The van der Waals surface area contributed by atoms with Crippen LogP contribution in [0.2, 0.25) is 0 Å². The number of rotatable bonds is 5. The summed E-state index contributed by atoms with van der Waals surface area (Å²) < 4.78 is 0. The highest BCUT2D eigenvalue weighted by Crippen LogP contribution is 2.22. The average molecular weight is 261 g/mol. The highest BCUT2D eigenvalue weighted by molar-refractivity contribution is 5.58. The Morgan fingerprint density at radius 1 is 1.68 bits per heavy atom. The largest absolute Gasteiger partial charge is 0.364 e. The third-order valence-electron chi connectivity index (χ3n) is 3.14. The maximum Gasteiger partial charge on any atom is 0.312 e. The van der Waals surface area contributed by atoms with Crippen molar-refractivity contribution in [3.8, 4) is 6.07 Å². The molecule has 2 heterocycles. The molecule has 100 valence electrons. The highest BCUT2D eigenvalue weighted by atomic mass is 16.6. The van der Waals surface area contributed by atoms with Gasteiger partial charge in [0.2, 0.25) is 5.82 Å². The molecule has 1 aliphatic rings. The van der Waals surface area contributed by atoms with Crippen molar-refractivity contribution in [2.45, 2.75) is 25.3 Å². The highest BCUT2D eigenvalue weighted by Gasteiger charge is 2.17. The summed E-state index contributed by atoms with van der Waals surface area (Å²) in [4.78, 5) is 14.3. The number of nitrogens with zero attached hydrogens (tertiary/aromatic N) is 3. The van der Waals surface area contributed by atoms with Gasteiger partial charge in [0.15, 0.2) is 0 Å². The molecule has 0 amide bonds. The van der Waals surface area contributed by atoms with Gasteiger partial charge in [0.05, 0.1) is 10.5 Å². The van der Waals surface area contributed by atoms with Crippen LogP contribution in [0.25, 0.3) is 0 Å². The van der Waals surface area contributed by atoms with E-state index in [2.05, 4.69) is 15.6 Å². The first-order chi connectivity index (χ1) is 9.20. The Labute approximate surface area is 110 Å². The molecule has 0 spiro atoms. The number of nitrogens with one attached hydrogen (secondary N) is 2. The molecule has 7 heteroatoms. The Morgan fingerprint density at radius 2 is 2.53 bits per heavy atom. The Kier molecular flexibility index (Phi) is 4.26. The van der Waals surface area contributed by atoms with Gasteiger partial charge in [-0.05, 0) is 25.8 Å². The predicted molar refractivity (Wildman–Crippen MR) is 69.7 cm³/mol. The van der Waals surface area contributed by atoms with Crippen LogP contribution in [0.5, 0.6) is 0 Å². The first-order valence-electron chi connectivity index (χ1n) is 6.22. The maximum absolute atomic E-state index is 10.9. The van der Waals surface area contributed by atoms with Gasteiger partial charge >= 0.3 is 5.69 Å². The van der Waals surface area contributed by atoms with E-state index in [0.29, 0.717) is 12.6 Å². The summed E-state index contributed by atoms with van der Waals surface area (Å²) in [5.74, 6) is 0.224. The molecule has 0 radical (unpaired) electrons. The van der Waals surface area contributed by atoms with Gasteiger partial charge in [-0.2, -0.15) is 5.26 Å². The smallest absolute Gasteiger partial charge is 0.312 e. The first-order valence-corrected chi connectivity index (χ1v) is 6.22. The molecule has 0 unspecified atom stereocenters. The second-order valence-electron chi connectivity index (χ2n) is 4.47. The van der Waals surface area contributed by atoms with Gasteiger partial charge in [0.25, 0.3) is 0 Å². The minimum absolute atomic E-state index is 0.154. The molecule has 0 bridgehead atoms. The second-order valence-corrected chi connectivity index (χ2v) is 4.47. The van der Waals surface area contributed by atoms with E-state index in [0.717, 1.165) is 19.4 Å². The number of anilines is 1. The second kappa shape index (κ2) is 6.11. The fourth-order valence-electron chi connectivity index (χ4n) is 2.16. The lowest BCUT2D eigenvalue weighted by molar-refractivity contribution is -0.384. The topological polar surface area (TPSA) is 104 Å². The summed E-state index contributed by atoms with van der Waals surface area (Å²) in [7, 11) is 0. The Bertz CT molecular complexity index is 505. The quantitative estimate of drug-likeness (QED) is 0.613. The molecular formula is C12H15N5O2. The lowest BCUT2D eigenvalue weighted by Gasteiger charge is -2.11. The fraction of sp³-hybridized carbons (Fsp3) is 0.500. The molecule has 0 saturated carbocycles. The van der Waals surface area contributed by atoms with Crippen molar-refractivity contribution in [3.63, 3.8) is 0 Å². The van der Waals surface area contributed by atoms with E-state index in [1.807, 2.05) is 6.07 Å². The van der Waals surface area contributed by atoms with Crippen LogP contribution in [-0.4, -0.2) is 29.0 Å². The van der Waals surface area contributed by atoms with Crippen molar-refractivity contribution < 1.29 is 4.92 Å². The maximum atomic E-state index is 10.9. The van der Waals surface area contributed by atoms with Crippen molar-refractivity contribution in [2.75, 3.05) is 18.4 Å². The number of nitriles is 1. The van der Waals surface area contributed by atoms with Crippen molar-refractivity contribution in [2.24, 2.45) is 0 Å². The molecule has 2 N–H and O–H groups in total. The standard InChI is InChI=1S/C12H15N5O2/c13-7-9-6-11(17(18)19)12(16-8-9)15-5-3-10-2-1-4-14-10/h6,8,10,14H,1-5H2,(H,15,16)/t10-/m1/s1. The summed E-state index contributed by atoms with van der Waals surface area (Å²) >= 11 is 0. The van der Waals surface area contributed by atoms with Crippen LogP contribution in [0.15, 0.2) is 12.3 Å². The molecule has 1 saturated heterocycles. The molecule has 1 aliphatic heterocycles.